The van der Waals surface area contributed by atoms with Gasteiger partial charge in [-0.05, 0) is 25.0 Å². The molecule has 0 spiro atoms. The van der Waals surface area contributed by atoms with Gasteiger partial charge in [-0.15, -0.1) is 0 Å². The van der Waals surface area contributed by atoms with Crippen LogP contribution in [0.1, 0.15) is 31.2 Å². The van der Waals surface area contributed by atoms with Gasteiger partial charge in [-0.25, -0.2) is 0 Å². The maximum absolute atomic E-state index is 12.5. The highest BCUT2D eigenvalue weighted by Crippen LogP contribution is 2.39. The fourth-order valence-corrected chi connectivity index (χ4v) is 3.33. The third-order valence-electron chi connectivity index (χ3n) is 4.08. The quantitative estimate of drug-likeness (QED) is 0.817. The molecule has 1 fully saturated rings. The van der Waals surface area contributed by atoms with Crippen molar-refractivity contribution in [3.63, 3.8) is 0 Å². The Morgan fingerprint density at radius 3 is 2.71 bits per heavy atom. The normalized spacial score (nSPS) is 16.5. The number of nitrogens with two attached hydrogens (primary N) is 1. The summed E-state index contributed by atoms with van der Waals surface area (Å²) in [5.74, 6) is 0.535. The molecule has 1 aromatic rings. The van der Waals surface area contributed by atoms with Crippen molar-refractivity contribution in [2.24, 2.45) is 11.1 Å². The van der Waals surface area contributed by atoms with Gasteiger partial charge >= 0.3 is 0 Å². The van der Waals surface area contributed by atoms with Gasteiger partial charge in [-0.2, -0.15) is 0 Å². The Morgan fingerprint density at radius 2 is 2.14 bits per heavy atom. The number of nitrogens with one attached hydrogen (secondary N) is 1. The maximum Gasteiger partial charge on any atom is 0.233 e. The number of thiocarbonyl (C=S) groups is 1. The zero-order valence-corrected chi connectivity index (χ0v) is 13.5. The number of carbonyl (C=O) groups is 1. The first-order valence-electron chi connectivity index (χ1n) is 6.91. The average Bonchev–Trinajstić information content (AvgIpc) is 2.96. The van der Waals surface area contributed by atoms with E-state index in [1.165, 1.54) is 0 Å². The molecule has 1 aromatic carbocycles. The summed E-state index contributed by atoms with van der Waals surface area (Å²) in [7, 11) is 1.57. The molecule has 1 aliphatic carbocycles. The second-order valence-corrected chi connectivity index (χ2v) is 6.10. The van der Waals surface area contributed by atoms with Gasteiger partial charge in [0.2, 0.25) is 5.91 Å². The first-order chi connectivity index (χ1) is 10.0. The largest absolute Gasteiger partial charge is 0.496 e. The topological polar surface area (TPSA) is 64.3 Å². The molecule has 1 amide bonds. The monoisotopic (exact) mass is 326 g/mol. The molecule has 4 nitrogen and oxygen atoms in total. The standard InChI is InChI=1S/C15H19ClN2O2S/c1-20-12-6-4-5-11(16)10(12)9-18-14(19)15(13(17)21)7-2-3-8-15/h4-6H,2-3,7-9H2,1H3,(H2,17,21)(H,18,19). The summed E-state index contributed by atoms with van der Waals surface area (Å²) in [6.45, 7) is 0.298. The number of halogens is 1. The molecule has 0 aromatic heterocycles. The number of hydrogen-bond donors (Lipinski definition) is 2. The molecule has 21 heavy (non-hydrogen) atoms. The van der Waals surface area contributed by atoms with Crippen LogP contribution in [0.3, 0.4) is 0 Å². The van der Waals surface area contributed by atoms with E-state index >= 15 is 0 Å². The minimum absolute atomic E-state index is 0.116. The molecule has 0 bridgehead atoms. The van der Waals surface area contributed by atoms with Gasteiger partial charge in [0.25, 0.3) is 0 Å². The van der Waals surface area contributed by atoms with Crippen molar-refractivity contribution >= 4 is 34.7 Å². The number of benzene rings is 1. The minimum atomic E-state index is -0.705. The van der Waals surface area contributed by atoms with Crippen LogP contribution in [0.15, 0.2) is 18.2 Å². The maximum atomic E-state index is 12.5. The smallest absolute Gasteiger partial charge is 0.233 e. The zero-order chi connectivity index (χ0) is 15.5. The summed E-state index contributed by atoms with van der Waals surface area (Å²) in [5.41, 5.74) is 5.86. The lowest BCUT2D eigenvalue weighted by atomic mass is 9.85. The molecule has 0 saturated heterocycles. The van der Waals surface area contributed by atoms with Crippen LogP contribution in [0.5, 0.6) is 5.75 Å². The van der Waals surface area contributed by atoms with Crippen molar-refractivity contribution in [2.45, 2.75) is 32.2 Å². The molecule has 0 aliphatic heterocycles. The van der Waals surface area contributed by atoms with Crippen molar-refractivity contribution in [1.82, 2.24) is 5.32 Å². The van der Waals surface area contributed by atoms with Gasteiger partial charge in [-0.1, -0.05) is 42.7 Å². The van der Waals surface area contributed by atoms with Crippen molar-refractivity contribution < 1.29 is 9.53 Å². The predicted octanol–water partition coefficient (Wildman–Crippen LogP) is 2.81. The average molecular weight is 327 g/mol. The molecule has 0 atom stereocenters. The number of amides is 1. The highest BCUT2D eigenvalue weighted by molar-refractivity contribution is 7.80. The number of hydrogen-bond acceptors (Lipinski definition) is 3. The van der Waals surface area contributed by atoms with Gasteiger partial charge in [0, 0.05) is 17.1 Å². The van der Waals surface area contributed by atoms with Gasteiger partial charge in [0.15, 0.2) is 0 Å². The lowest BCUT2D eigenvalue weighted by Gasteiger charge is -2.26. The predicted molar refractivity (Wildman–Crippen MR) is 87.5 cm³/mol. The summed E-state index contributed by atoms with van der Waals surface area (Å²) in [6, 6.07) is 5.39. The van der Waals surface area contributed by atoms with E-state index in [2.05, 4.69) is 5.32 Å². The van der Waals surface area contributed by atoms with E-state index in [4.69, 9.17) is 34.3 Å². The second kappa shape index (κ2) is 6.62. The van der Waals surface area contributed by atoms with Crippen LogP contribution in [0.25, 0.3) is 0 Å². The van der Waals surface area contributed by atoms with E-state index in [0.29, 0.717) is 30.2 Å². The van der Waals surface area contributed by atoms with Crippen LogP contribution in [0.4, 0.5) is 0 Å². The Hall–Kier alpha value is -1.33. The molecule has 1 aliphatic rings. The Labute approximate surface area is 135 Å². The minimum Gasteiger partial charge on any atom is -0.496 e. The molecule has 1 saturated carbocycles. The molecule has 114 valence electrons. The molecule has 0 radical (unpaired) electrons. The van der Waals surface area contributed by atoms with Gasteiger partial charge in [0.05, 0.1) is 17.5 Å². The number of methoxy groups -OCH3 is 1. The van der Waals surface area contributed by atoms with Gasteiger partial charge < -0.3 is 15.8 Å². The highest BCUT2D eigenvalue weighted by Gasteiger charge is 2.43. The number of carbonyl (C=O) groups excluding carboxylic acids is 1. The fraction of sp³-hybridized carbons (Fsp3) is 0.467. The van der Waals surface area contributed by atoms with Crippen LogP contribution in [-0.2, 0) is 11.3 Å². The van der Waals surface area contributed by atoms with Crippen molar-refractivity contribution in [3.8, 4) is 5.75 Å². The summed E-state index contributed by atoms with van der Waals surface area (Å²) >= 11 is 11.3. The second-order valence-electron chi connectivity index (χ2n) is 5.26. The van der Waals surface area contributed by atoms with E-state index in [1.807, 2.05) is 6.07 Å². The van der Waals surface area contributed by atoms with E-state index < -0.39 is 5.41 Å². The molecule has 2 rings (SSSR count). The SMILES string of the molecule is COc1cccc(Cl)c1CNC(=O)C1(C(N)=S)CCCC1. The molecule has 3 N–H and O–H groups in total. The van der Waals surface area contributed by atoms with Crippen LogP contribution in [0, 0.1) is 5.41 Å². The van der Waals surface area contributed by atoms with E-state index in [-0.39, 0.29) is 10.9 Å². The van der Waals surface area contributed by atoms with Crippen LogP contribution >= 0.6 is 23.8 Å². The summed E-state index contributed by atoms with van der Waals surface area (Å²) in [6.07, 6.45) is 3.38. The van der Waals surface area contributed by atoms with Gasteiger partial charge in [-0.3, -0.25) is 4.79 Å². The van der Waals surface area contributed by atoms with Crippen molar-refractivity contribution in [1.29, 1.82) is 0 Å². The Kier molecular flexibility index (Phi) is 5.06. The summed E-state index contributed by atoms with van der Waals surface area (Å²) in [4.78, 5) is 12.8. The van der Waals surface area contributed by atoms with Crippen LogP contribution < -0.4 is 15.8 Å². The first kappa shape index (κ1) is 16.0. The summed E-state index contributed by atoms with van der Waals surface area (Å²) < 4.78 is 5.27. The lowest BCUT2D eigenvalue weighted by molar-refractivity contribution is -0.127. The Balaban J connectivity index is 2.13. The third-order valence-corrected chi connectivity index (χ3v) is 4.83. The zero-order valence-electron chi connectivity index (χ0n) is 11.9. The fourth-order valence-electron chi connectivity index (χ4n) is 2.80. The molecule has 0 heterocycles. The molecule has 6 heteroatoms. The Morgan fingerprint density at radius 1 is 1.48 bits per heavy atom. The number of ether oxygens (including phenoxy) is 1. The van der Waals surface area contributed by atoms with E-state index in [9.17, 15) is 4.79 Å². The van der Waals surface area contributed by atoms with Gasteiger partial charge in [0.1, 0.15) is 5.75 Å². The first-order valence-corrected chi connectivity index (χ1v) is 7.69. The van der Waals surface area contributed by atoms with E-state index in [1.54, 1.807) is 19.2 Å². The van der Waals surface area contributed by atoms with Crippen molar-refractivity contribution in [3.05, 3.63) is 28.8 Å². The third kappa shape index (κ3) is 3.14. The Bertz CT molecular complexity index is 557. The summed E-state index contributed by atoms with van der Waals surface area (Å²) in [5, 5.41) is 3.47. The van der Waals surface area contributed by atoms with Crippen LogP contribution in [-0.4, -0.2) is 18.0 Å². The highest BCUT2D eigenvalue weighted by atomic mass is 35.5. The van der Waals surface area contributed by atoms with E-state index in [0.717, 1.165) is 18.4 Å². The van der Waals surface area contributed by atoms with Crippen LogP contribution in [0.2, 0.25) is 5.02 Å². The molecular weight excluding hydrogens is 308 g/mol. The number of rotatable bonds is 5. The molecular formula is C15H19ClN2O2S. The van der Waals surface area contributed by atoms with Crippen molar-refractivity contribution in [2.75, 3.05) is 7.11 Å². The molecule has 0 unspecified atom stereocenters. The lowest BCUT2D eigenvalue weighted by Crippen LogP contribution is -2.47.